The molecule has 1 fully saturated rings. The molecule has 0 saturated carbocycles. The zero-order valence-electron chi connectivity index (χ0n) is 19.3. The van der Waals surface area contributed by atoms with Crippen LogP contribution in [-0.2, 0) is 23.7 Å². The lowest BCUT2D eigenvalue weighted by molar-refractivity contribution is -0.132. The number of hydrogen-bond donors (Lipinski definition) is 0. The van der Waals surface area contributed by atoms with Crippen LogP contribution in [0.4, 0.5) is 0 Å². The van der Waals surface area contributed by atoms with Gasteiger partial charge in [-0.15, -0.1) is 0 Å². The fraction of sp³-hybridized carbons (Fsp3) is 0.296. The van der Waals surface area contributed by atoms with E-state index in [0.29, 0.717) is 28.9 Å². The number of cyclic esters (lactones) is 1. The van der Waals surface area contributed by atoms with E-state index < -0.39 is 36.2 Å². The average molecular weight is 462 g/mol. The molecule has 0 bridgehead atoms. The van der Waals surface area contributed by atoms with Gasteiger partial charge in [-0.05, 0) is 56.7 Å². The van der Waals surface area contributed by atoms with Gasteiger partial charge < -0.3 is 18.9 Å². The number of carbonyl (C=O) groups excluding carboxylic acids is 3. The van der Waals surface area contributed by atoms with E-state index in [9.17, 15) is 14.4 Å². The molecule has 0 N–H and O–H groups in total. The van der Waals surface area contributed by atoms with Crippen molar-refractivity contribution in [2.24, 2.45) is 0 Å². The highest BCUT2D eigenvalue weighted by Crippen LogP contribution is 2.29. The molecule has 7 heteroatoms. The SMILES string of the molecule is CC1=CC(=O)O/C1=C\[C@@H]1C[C@H](OC(=O)c2ccc(C)cc2)[C@@H](COC(=O)c2ccc(C)cc2)O1. The van der Waals surface area contributed by atoms with E-state index in [4.69, 9.17) is 18.9 Å². The first kappa shape index (κ1) is 23.4. The van der Waals surface area contributed by atoms with Crippen molar-refractivity contribution in [1.29, 1.82) is 0 Å². The number of hydrogen-bond acceptors (Lipinski definition) is 7. The van der Waals surface area contributed by atoms with Crippen LogP contribution in [0, 0.1) is 13.8 Å². The van der Waals surface area contributed by atoms with Gasteiger partial charge in [-0.2, -0.15) is 0 Å². The lowest BCUT2D eigenvalue weighted by Crippen LogP contribution is -2.32. The van der Waals surface area contributed by atoms with E-state index in [1.807, 2.05) is 38.1 Å². The predicted octanol–water partition coefficient (Wildman–Crippen LogP) is 4.23. The van der Waals surface area contributed by atoms with Gasteiger partial charge in [-0.1, -0.05) is 35.4 Å². The Labute approximate surface area is 198 Å². The molecule has 2 aliphatic rings. The minimum absolute atomic E-state index is 0.0904. The van der Waals surface area contributed by atoms with Crippen LogP contribution in [0.5, 0.6) is 0 Å². The van der Waals surface area contributed by atoms with Crippen molar-refractivity contribution >= 4 is 17.9 Å². The van der Waals surface area contributed by atoms with Crippen LogP contribution in [0.25, 0.3) is 0 Å². The highest BCUT2D eigenvalue weighted by Gasteiger charge is 2.39. The molecule has 1 saturated heterocycles. The molecule has 176 valence electrons. The third-order valence-electron chi connectivity index (χ3n) is 5.71. The molecule has 2 aliphatic heterocycles. The second kappa shape index (κ2) is 10.1. The second-order valence-electron chi connectivity index (χ2n) is 8.50. The lowest BCUT2D eigenvalue weighted by Gasteiger charge is -2.19. The molecule has 34 heavy (non-hydrogen) atoms. The molecule has 0 amide bonds. The Kier molecular flexibility index (Phi) is 6.93. The standard InChI is InChI=1S/C27H26O7/c1-16-4-8-19(9-5-16)26(29)31-15-24-23(34-27(30)20-10-6-17(2)7-11-20)14-21(32-24)13-22-18(3)12-25(28)33-22/h4-13,21,23-24H,14-15H2,1-3H3/b22-13-/t21-,23+,24-/m1/s1. The lowest BCUT2D eigenvalue weighted by atomic mass is 10.1. The molecule has 0 aliphatic carbocycles. The molecule has 0 radical (unpaired) electrons. The molecule has 4 rings (SSSR count). The molecule has 7 nitrogen and oxygen atoms in total. The normalized spacial score (nSPS) is 22.9. The van der Waals surface area contributed by atoms with Gasteiger partial charge in [0.25, 0.3) is 0 Å². The summed E-state index contributed by atoms with van der Waals surface area (Å²) in [6.45, 7) is 5.54. The highest BCUT2D eigenvalue weighted by atomic mass is 16.6. The summed E-state index contributed by atoms with van der Waals surface area (Å²) in [5.41, 5.74) is 3.60. The van der Waals surface area contributed by atoms with Crippen LogP contribution in [0.2, 0.25) is 0 Å². The summed E-state index contributed by atoms with van der Waals surface area (Å²) < 4.78 is 22.4. The Morgan fingerprint density at radius 3 is 2.09 bits per heavy atom. The molecule has 2 aromatic carbocycles. The van der Waals surface area contributed by atoms with Crippen molar-refractivity contribution in [3.63, 3.8) is 0 Å². The number of benzene rings is 2. The Balaban J connectivity index is 1.46. The number of esters is 3. The molecule has 2 aromatic rings. The van der Waals surface area contributed by atoms with Gasteiger partial charge in [0, 0.05) is 12.5 Å². The minimum atomic E-state index is -0.674. The summed E-state index contributed by atoms with van der Waals surface area (Å²) in [4.78, 5) is 36.7. The maximum absolute atomic E-state index is 12.7. The monoisotopic (exact) mass is 462 g/mol. The zero-order chi connectivity index (χ0) is 24.2. The largest absolute Gasteiger partial charge is 0.459 e. The van der Waals surface area contributed by atoms with Crippen molar-refractivity contribution in [2.75, 3.05) is 6.61 Å². The Hall–Kier alpha value is -3.71. The Morgan fingerprint density at radius 1 is 0.941 bits per heavy atom. The van der Waals surface area contributed by atoms with Crippen molar-refractivity contribution in [3.05, 3.63) is 94.3 Å². The fourth-order valence-electron chi connectivity index (χ4n) is 3.75. The Bertz CT molecular complexity index is 1140. The summed E-state index contributed by atoms with van der Waals surface area (Å²) >= 11 is 0. The van der Waals surface area contributed by atoms with Crippen LogP contribution >= 0.6 is 0 Å². The molecule has 0 aromatic heterocycles. The van der Waals surface area contributed by atoms with Crippen molar-refractivity contribution in [2.45, 2.75) is 45.5 Å². The molecule has 0 unspecified atom stereocenters. The number of aryl methyl sites for hydroxylation is 2. The van der Waals surface area contributed by atoms with E-state index in [0.717, 1.165) is 11.1 Å². The third-order valence-corrected chi connectivity index (χ3v) is 5.71. The molecular formula is C27H26O7. The van der Waals surface area contributed by atoms with Gasteiger partial charge in [0.15, 0.2) is 0 Å². The maximum atomic E-state index is 12.7. The van der Waals surface area contributed by atoms with Crippen LogP contribution in [-0.4, -0.2) is 42.8 Å². The van der Waals surface area contributed by atoms with Crippen LogP contribution < -0.4 is 0 Å². The Morgan fingerprint density at radius 2 is 1.53 bits per heavy atom. The first-order valence-corrected chi connectivity index (χ1v) is 11.1. The smallest absolute Gasteiger partial charge is 0.338 e. The second-order valence-corrected chi connectivity index (χ2v) is 8.50. The van der Waals surface area contributed by atoms with E-state index in [1.165, 1.54) is 6.08 Å². The topological polar surface area (TPSA) is 88.1 Å². The third kappa shape index (κ3) is 5.61. The van der Waals surface area contributed by atoms with Gasteiger partial charge in [0.1, 0.15) is 24.6 Å². The van der Waals surface area contributed by atoms with Gasteiger partial charge in [0.05, 0.1) is 17.2 Å². The number of allylic oxidation sites excluding steroid dienone is 1. The number of rotatable bonds is 6. The summed E-state index contributed by atoms with van der Waals surface area (Å²) in [5.74, 6) is -0.999. The van der Waals surface area contributed by atoms with Crippen LogP contribution in [0.3, 0.4) is 0 Å². The van der Waals surface area contributed by atoms with E-state index in [2.05, 4.69) is 0 Å². The number of carbonyl (C=O) groups is 3. The fourth-order valence-corrected chi connectivity index (χ4v) is 3.75. The first-order chi connectivity index (χ1) is 16.3. The van der Waals surface area contributed by atoms with Crippen molar-refractivity contribution in [1.82, 2.24) is 0 Å². The predicted molar refractivity (Wildman–Crippen MR) is 123 cm³/mol. The minimum Gasteiger partial charge on any atom is -0.459 e. The molecule has 0 spiro atoms. The first-order valence-electron chi connectivity index (χ1n) is 11.1. The summed E-state index contributed by atoms with van der Waals surface area (Å²) in [5, 5.41) is 0. The quantitative estimate of drug-likeness (QED) is 0.469. The van der Waals surface area contributed by atoms with E-state index in [-0.39, 0.29) is 6.61 Å². The van der Waals surface area contributed by atoms with Crippen LogP contribution in [0.15, 0.2) is 72.0 Å². The van der Waals surface area contributed by atoms with Crippen LogP contribution in [0.1, 0.15) is 45.2 Å². The maximum Gasteiger partial charge on any atom is 0.338 e. The van der Waals surface area contributed by atoms with Gasteiger partial charge >= 0.3 is 17.9 Å². The highest BCUT2D eigenvalue weighted by molar-refractivity contribution is 5.90. The van der Waals surface area contributed by atoms with Gasteiger partial charge in [-0.3, -0.25) is 0 Å². The molecule has 3 atom stereocenters. The van der Waals surface area contributed by atoms with E-state index in [1.54, 1.807) is 37.3 Å². The van der Waals surface area contributed by atoms with Crippen molar-refractivity contribution < 1.29 is 33.3 Å². The van der Waals surface area contributed by atoms with Crippen molar-refractivity contribution in [3.8, 4) is 0 Å². The summed E-state index contributed by atoms with van der Waals surface area (Å²) in [7, 11) is 0. The summed E-state index contributed by atoms with van der Waals surface area (Å²) in [6, 6.07) is 14.1. The zero-order valence-corrected chi connectivity index (χ0v) is 19.3. The van der Waals surface area contributed by atoms with Gasteiger partial charge in [0.2, 0.25) is 0 Å². The summed E-state index contributed by atoms with van der Waals surface area (Å²) in [6.07, 6.45) is 1.61. The average Bonchev–Trinajstić information content (AvgIpc) is 3.33. The molecule has 2 heterocycles. The molecular weight excluding hydrogens is 436 g/mol. The number of ether oxygens (including phenoxy) is 4. The van der Waals surface area contributed by atoms with E-state index >= 15 is 0 Å². The van der Waals surface area contributed by atoms with Gasteiger partial charge in [-0.25, -0.2) is 14.4 Å².